The summed E-state index contributed by atoms with van der Waals surface area (Å²) in [5.74, 6) is 0.699. The maximum Gasteiger partial charge on any atom is 0.266 e. The molecular formula is C19H24N4O3. The highest BCUT2D eigenvalue weighted by molar-refractivity contribution is 6.04. The molecule has 7 nitrogen and oxygen atoms in total. The van der Waals surface area contributed by atoms with E-state index in [9.17, 15) is 4.79 Å². The third kappa shape index (κ3) is 3.56. The van der Waals surface area contributed by atoms with E-state index < -0.39 is 6.10 Å². The second-order valence-electron chi connectivity index (χ2n) is 6.33. The van der Waals surface area contributed by atoms with Crippen LogP contribution >= 0.6 is 0 Å². The third-order valence-corrected chi connectivity index (χ3v) is 4.66. The van der Waals surface area contributed by atoms with Gasteiger partial charge in [0.2, 0.25) is 6.10 Å². The maximum atomic E-state index is 12.7. The zero-order valence-corrected chi connectivity index (χ0v) is 15.6. The van der Waals surface area contributed by atoms with Crippen LogP contribution in [0.3, 0.4) is 0 Å². The first kappa shape index (κ1) is 18.0. The van der Waals surface area contributed by atoms with Gasteiger partial charge in [-0.25, -0.2) is 0 Å². The monoisotopic (exact) mass is 356 g/mol. The molecule has 1 amide bonds. The largest absolute Gasteiger partial charge is 0.497 e. The Morgan fingerprint density at radius 2 is 2.12 bits per heavy atom. The molecule has 0 saturated carbocycles. The molecule has 0 fully saturated rings. The van der Waals surface area contributed by atoms with Gasteiger partial charge in [-0.2, -0.15) is 5.10 Å². The van der Waals surface area contributed by atoms with Gasteiger partial charge in [-0.15, -0.1) is 0 Å². The number of methoxy groups -OCH3 is 1. The van der Waals surface area contributed by atoms with Crippen molar-refractivity contribution in [3.05, 3.63) is 47.3 Å². The second-order valence-corrected chi connectivity index (χ2v) is 6.33. The van der Waals surface area contributed by atoms with Crippen LogP contribution in [0.2, 0.25) is 0 Å². The van der Waals surface area contributed by atoms with Crippen LogP contribution in [0.4, 0.5) is 0 Å². The number of amides is 1. The number of oxime groups is 1. The van der Waals surface area contributed by atoms with Gasteiger partial charge in [0.25, 0.3) is 5.91 Å². The minimum absolute atomic E-state index is 0.0825. The van der Waals surface area contributed by atoms with Gasteiger partial charge in [-0.05, 0) is 43.7 Å². The summed E-state index contributed by atoms with van der Waals surface area (Å²) < 4.78 is 7.08. The zero-order chi connectivity index (χ0) is 18.7. The predicted molar refractivity (Wildman–Crippen MR) is 98.1 cm³/mol. The van der Waals surface area contributed by atoms with Crippen molar-refractivity contribution in [2.75, 3.05) is 14.2 Å². The summed E-state index contributed by atoms with van der Waals surface area (Å²) in [4.78, 5) is 19.8. The Labute approximate surface area is 153 Å². The van der Waals surface area contributed by atoms with Crippen LogP contribution in [-0.4, -0.2) is 46.6 Å². The Morgan fingerprint density at radius 1 is 1.38 bits per heavy atom. The summed E-state index contributed by atoms with van der Waals surface area (Å²) in [6, 6.07) is 7.57. The Hall–Kier alpha value is -2.83. The maximum absolute atomic E-state index is 12.7. The third-order valence-electron chi connectivity index (χ3n) is 4.66. The number of rotatable bonds is 6. The smallest absolute Gasteiger partial charge is 0.266 e. The van der Waals surface area contributed by atoms with Crippen molar-refractivity contribution >= 4 is 11.6 Å². The fourth-order valence-corrected chi connectivity index (χ4v) is 3.00. The normalized spacial score (nSPS) is 16.2. The number of hydrogen-bond acceptors (Lipinski definition) is 5. The molecular weight excluding hydrogens is 332 g/mol. The Bertz CT molecular complexity index is 811. The predicted octanol–water partition coefficient (Wildman–Crippen LogP) is 2.37. The van der Waals surface area contributed by atoms with Gasteiger partial charge in [0.1, 0.15) is 5.75 Å². The van der Waals surface area contributed by atoms with E-state index in [4.69, 9.17) is 9.57 Å². The number of aromatic nitrogens is 2. The van der Waals surface area contributed by atoms with E-state index in [1.165, 1.54) is 0 Å². The van der Waals surface area contributed by atoms with E-state index in [1.807, 2.05) is 49.0 Å². The lowest BCUT2D eigenvalue weighted by molar-refractivity contribution is -0.141. The number of hydrogen-bond donors (Lipinski definition) is 0. The average Bonchev–Trinajstić information content (AvgIpc) is 3.29. The molecule has 1 aliphatic rings. The Balaban J connectivity index is 1.61. The van der Waals surface area contributed by atoms with E-state index in [2.05, 4.69) is 10.3 Å². The summed E-state index contributed by atoms with van der Waals surface area (Å²) in [7, 11) is 3.40. The van der Waals surface area contributed by atoms with Crippen molar-refractivity contribution in [1.29, 1.82) is 0 Å². The van der Waals surface area contributed by atoms with Crippen molar-refractivity contribution in [2.45, 2.75) is 39.5 Å². The highest BCUT2D eigenvalue weighted by atomic mass is 16.6. The van der Waals surface area contributed by atoms with Gasteiger partial charge in [0.05, 0.1) is 19.0 Å². The molecule has 0 aliphatic carbocycles. The second kappa shape index (κ2) is 7.59. The summed E-state index contributed by atoms with van der Waals surface area (Å²) in [6.45, 7) is 5.38. The lowest BCUT2D eigenvalue weighted by Gasteiger charge is -2.19. The molecule has 0 bridgehead atoms. The first-order valence-corrected chi connectivity index (χ1v) is 8.66. The molecule has 2 aromatic rings. The molecule has 2 heterocycles. The number of aryl methyl sites for hydroxylation is 1. The standard InChI is InChI=1S/C19H24N4O3/c1-5-23-13(2)15(11-20-23)12-22(3)19(24)18-10-17(21-26-18)14-6-8-16(25-4)9-7-14/h6-9,11,18H,5,10,12H2,1-4H3. The van der Waals surface area contributed by atoms with Crippen molar-refractivity contribution in [1.82, 2.24) is 14.7 Å². The first-order valence-electron chi connectivity index (χ1n) is 8.66. The summed E-state index contributed by atoms with van der Waals surface area (Å²) in [6.07, 6.45) is 1.69. The van der Waals surface area contributed by atoms with Crippen molar-refractivity contribution in [2.24, 2.45) is 5.16 Å². The summed E-state index contributed by atoms with van der Waals surface area (Å²) in [5, 5.41) is 8.42. The highest BCUT2D eigenvalue weighted by Gasteiger charge is 2.31. The molecule has 0 spiro atoms. The van der Waals surface area contributed by atoms with Gasteiger partial charge in [0.15, 0.2) is 0 Å². The quantitative estimate of drug-likeness (QED) is 0.797. The number of ether oxygens (including phenoxy) is 1. The van der Waals surface area contributed by atoms with Gasteiger partial charge in [-0.1, -0.05) is 5.16 Å². The molecule has 26 heavy (non-hydrogen) atoms. The first-order chi connectivity index (χ1) is 12.5. The van der Waals surface area contributed by atoms with Crippen molar-refractivity contribution in [3.63, 3.8) is 0 Å². The molecule has 0 saturated heterocycles. The van der Waals surface area contributed by atoms with Crippen LogP contribution in [0.1, 0.15) is 30.2 Å². The SMILES string of the molecule is CCn1ncc(CN(C)C(=O)C2CC(c3ccc(OC)cc3)=NO2)c1C. The summed E-state index contributed by atoms with van der Waals surface area (Å²) >= 11 is 0. The van der Waals surface area contributed by atoms with Crippen LogP contribution in [0.25, 0.3) is 0 Å². The summed E-state index contributed by atoms with van der Waals surface area (Å²) in [5.41, 5.74) is 3.82. The van der Waals surface area contributed by atoms with Gasteiger partial charge >= 0.3 is 0 Å². The van der Waals surface area contributed by atoms with E-state index in [0.29, 0.717) is 13.0 Å². The van der Waals surface area contributed by atoms with Crippen LogP contribution < -0.4 is 4.74 Å². The lowest BCUT2D eigenvalue weighted by atomic mass is 10.0. The molecule has 0 N–H and O–H groups in total. The number of likely N-dealkylation sites (N-methyl/N-ethyl adjacent to an activating group) is 1. The van der Waals surface area contributed by atoms with Crippen molar-refractivity contribution < 1.29 is 14.4 Å². The minimum atomic E-state index is -0.585. The molecule has 7 heteroatoms. The van der Waals surface area contributed by atoms with Gasteiger partial charge in [-0.3, -0.25) is 9.48 Å². The number of carbonyl (C=O) groups is 1. The van der Waals surface area contributed by atoms with Crippen LogP contribution in [0, 0.1) is 6.92 Å². The van der Waals surface area contributed by atoms with E-state index >= 15 is 0 Å². The number of carbonyl (C=O) groups excluding carboxylic acids is 1. The average molecular weight is 356 g/mol. The van der Waals surface area contributed by atoms with Crippen LogP contribution in [0.5, 0.6) is 5.75 Å². The fraction of sp³-hybridized carbons (Fsp3) is 0.421. The molecule has 0 radical (unpaired) electrons. The lowest BCUT2D eigenvalue weighted by Crippen LogP contribution is -2.36. The Kier molecular flexibility index (Phi) is 5.25. The van der Waals surface area contributed by atoms with Gasteiger partial charge in [0, 0.05) is 37.8 Å². The molecule has 1 aromatic heterocycles. The molecule has 3 rings (SSSR count). The van der Waals surface area contributed by atoms with Crippen LogP contribution in [-0.2, 0) is 22.7 Å². The van der Waals surface area contributed by atoms with Gasteiger partial charge < -0.3 is 14.5 Å². The molecule has 138 valence electrons. The van der Waals surface area contributed by atoms with E-state index in [-0.39, 0.29) is 5.91 Å². The van der Waals surface area contributed by atoms with Crippen LogP contribution in [0.15, 0.2) is 35.6 Å². The Morgan fingerprint density at radius 3 is 2.73 bits per heavy atom. The molecule has 1 atom stereocenters. The molecule has 1 aromatic carbocycles. The van der Waals surface area contributed by atoms with E-state index in [1.54, 1.807) is 19.1 Å². The molecule has 1 unspecified atom stereocenters. The molecule has 1 aliphatic heterocycles. The van der Waals surface area contributed by atoms with E-state index in [0.717, 1.165) is 34.8 Å². The fourth-order valence-electron chi connectivity index (χ4n) is 3.00. The highest BCUT2D eigenvalue weighted by Crippen LogP contribution is 2.21. The number of nitrogens with zero attached hydrogens (tertiary/aromatic N) is 4. The zero-order valence-electron chi connectivity index (χ0n) is 15.6. The topological polar surface area (TPSA) is 69.0 Å². The van der Waals surface area contributed by atoms with Crippen molar-refractivity contribution in [3.8, 4) is 5.75 Å². The number of benzene rings is 1. The minimum Gasteiger partial charge on any atom is -0.497 e.